The molecule has 114 valence electrons. The predicted octanol–water partition coefficient (Wildman–Crippen LogP) is 2.53. The van der Waals surface area contributed by atoms with Crippen LogP contribution in [0.15, 0.2) is 24.3 Å². The molecule has 2 aliphatic heterocycles. The summed E-state index contributed by atoms with van der Waals surface area (Å²) in [6, 6.07) is 4.58. The number of anilines is 1. The van der Waals surface area contributed by atoms with Gasteiger partial charge in [-0.05, 0) is 43.1 Å². The molecule has 2 heterocycles. The Balaban J connectivity index is 1.60. The first kappa shape index (κ1) is 14.2. The van der Waals surface area contributed by atoms with Crippen LogP contribution in [0.4, 0.5) is 23.7 Å². The first-order valence-corrected chi connectivity index (χ1v) is 6.90. The lowest BCUT2D eigenvalue weighted by Crippen LogP contribution is -2.36. The Morgan fingerprint density at radius 3 is 2.57 bits per heavy atom. The number of urea groups is 1. The van der Waals surface area contributed by atoms with Crippen molar-refractivity contribution in [3.8, 4) is 0 Å². The van der Waals surface area contributed by atoms with E-state index in [2.05, 4.69) is 10.6 Å². The minimum atomic E-state index is -4.36. The zero-order valence-electron chi connectivity index (χ0n) is 11.3. The van der Waals surface area contributed by atoms with Crippen molar-refractivity contribution in [2.45, 2.75) is 18.6 Å². The van der Waals surface area contributed by atoms with E-state index in [0.717, 1.165) is 25.1 Å². The van der Waals surface area contributed by atoms with E-state index < -0.39 is 11.7 Å². The van der Waals surface area contributed by atoms with Gasteiger partial charge in [-0.25, -0.2) is 4.79 Å². The minimum Gasteiger partial charge on any atom is -0.323 e. The van der Waals surface area contributed by atoms with E-state index in [0.29, 0.717) is 30.7 Å². The van der Waals surface area contributed by atoms with E-state index in [-0.39, 0.29) is 6.03 Å². The Morgan fingerprint density at radius 2 is 1.95 bits per heavy atom. The number of benzene rings is 1. The number of alkyl halides is 3. The number of likely N-dealkylation sites (tertiary alicyclic amines) is 1. The summed E-state index contributed by atoms with van der Waals surface area (Å²) in [7, 11) is 0. The van der Waals surface area contributed by atoms with Crippen LogP contribution in [-0.2, 0) is 6.18 Å². The lowest BCUT2D eigenvalue weighted by atomic mass is 10.1. The first-order valence-electron chi connectivity index (χ1n) is 6.90. The van der Waals surface area contributed by atoms with Crippen molar-refractivity contribution < 1.29 is 18.0 Å². The quantitative estimate of drug-likeness (QED) is 0.837. The normalized spacial score (nSPS) is 25.0. The third-order valence-corrected chi connectivity index (χ3v) is 4.11. The van der Waals surface area contributed by atoms with E-state index in [1.54, 1.807) is 4.90 Å². The van der Waals surface area contributed by atoms with Gasteiger partial charge in [0.05, 0.1) is 5.56 Å². The van der Waals surface area contributed by atoms with Gasteiger partial charge in [0.25, 0.3) is 0 Å². The van der Waals surface area contributed by atoms with Gasteiger partial charge >= 0.3 is 12.2 Å². The number of nitrogens with zero attached hydrogens (tertiary/aromatic N) is 1. The number of hydrogen-bond donors (Lipinski definition) is 2. The van der Waals surface area contributed by atoms with E-state index in [1.807, 2.05) is 0 Å². The fourth-order valence-electron chi connectivity index (χ4n) is 2.96. The Hall–Kier alpha value is -1.76. The van der Waals surface area contributed by atoms with Crippen LogP contribution in [-0.4, -0.2) is 36.6 Å². The Labute approximate surface area is 120 Å². The molecule has 0 unspecified atom stereocenters. The van der Waals surface area contributed by atoms with Gasteiger partial charge in [-0.15, -0.1) is 0 Å². The average molecular weight is 299 g/mol. The smallest absolute Gasteiger partial charge is 0.323 e. The van der Waals surface area contributed by atoms with E-state index >= 15 is 0 Å². The summed E-state index contributed by atoms with van der Waals surface area (Å²) < 4.78 is 37.4. The number of nitrogens with one attached hydrogen (secondary N) is 2. The molecule has 2 atom stereocenters. The topological polar surface area (TPSA) is 44.4 Å². The van der Waals surface area contributed by atoms with Crippen LogP contribution in [0.2, 0.25) is 0 Å². The van der Waals surface area contributed by atoms with E-state index in [4.69, 9.17) is 0 Å². The first-order chi connectivity index (χ1) is 9.93. The van der Waals surface area contributed by atoms with Crippen LogP contribution < -0.4 is 10.6 Å². The lowest BCUT2D eigenvalue weighted by Gasteiger charge is -2.18. The van der Waals surface area contributed by atoms with Gasteiger partial charge in [0.2, 0.25) is 0 Å². The molecule has 7 heteroatoms. The molecule has 2 aliphatic rings. The third kappa shape index (κ3) is 2.97. The molecule has 0 aliphatic carbocycles. The Morgan fingerprint density at radius 1 is 1.24 bits per heavy atom. The second-order valence-electron chi connectivity index (χ2n) is 5.52. The van der Waals surface area contributed by atoms with Crippen molar-refractivity contribution in [1.29, 1.82) is 0 Å². The van der Waals surface area contributed by atoms with Gasteiger partial charge in [-0.3, -0.25) is 0 Å². The molecule has 0 radical (unpaired) electrons. The van der Waals surface area contributed by atoms with Crippen LogP contribution in [0.25, 0.3) is 0 Å². The number of halogens is 3. The molecule has 3 rings (SSSR count). The molecule has 4 nitrogen and oxygen atoms in total. The van der Waals surface area contributed by atoms with Crippen LogP contribution in [0.1, 0.15) is 12.0 Å². The maximum atomic E-state index is 12.5. The van der Waals surface area contributed by atoms with Crippen molar-refractivity contribution in [3.63, 3.8) is 0 Å². The summed E-state index contributed by atoms with van der Waals surface area (Å²) in [6.07, 6.45) is -3.30. The molecule has 1 aromatic carbocycles. The molecule has 0 aromatic heterocycles. The lowest BCUT2D eigenvalue weighted by molar-refractivity contribution is -0.137. The summed E-state index contributed by atoms with van der Waals surface area (Å²) >= 11 is 0. The second-order valence-corrected chi connectivity index (χ2v) is 5.52. The zero-order valence-corrected chi connectivity index (χ0v) is 11.3. The largest absolute Gasteiger partial charge is 0.416 e. The highest BCUT2D eigenvalue weighted by molar-refractivity contribution is 5.89. The molecular weight excluding hydrogens is 283 g/mol. The molecule has 21 heavy (non-hydrogen) atoms. The average Bonchev–Trinajstić information content (AvgIpc) is 2.98. The summed E-state index contributed by atoms with van der Waals surface area (Å²) in [5, 5.41) is 5.99. The van der Waals surface area contributed by atoms with Crippen molar-refractivity contribution in [1.82, 2.24) is 10.2 Å². The number of carbonyl (C=O) groups excluding carboxylic acids is 1. The zero-order chi connectivity index (χ0) is 15.0. The van der Waals surface area contributed by atoms with Gasteiger partial charge in [0.1, 0.15) is 0 Å². The van der Waals surface area contributed by atoms with Gasteiger partial charge < -0.3 is 15.5 Å². The highest BCUT2D eigenvalue weighted by Crippen LogP contribution is 2.30. The molecule has 2 fully saturated rings. The molecule has 0 saturated carbocycles. The molecule has 1 aromatic rings. The van der Waals surface area contributed by atoms with Gasteiger partial charge in [-0.2, -0.15) is 13.2 Å². The Bertz CT molecular complexity index is 517. The maximum Gasteiger partial charge on any atom is 0.416 e. The molecule has 2 N–H and O–H groups in total. The number of carbonyl (C=O) groups is 1. The number of fused-ring (bicyclic) bond motifs is 1. The predicted molar refractivity (Wildman–Crippen MR) is 71.9 cm³/mol. The summed E-state index contributed by atoms with van der Waals surface area (Å²) in [5.41, 5.74) is -0.349. The summed E-state index contributed by atoms with van der Waals surface area (Å²) in [4.78, 5) is 13.8. The van der Waals surface area contributed by atoms with Crippen molar-refractivity contribution in [2.24, 2.45) is 5.92 Å². The van der Waals surface area contributed by atoms with E-state index in [1.165, 1.54) is 12.1 Å². The van der Waals surface area contributed by atoms with Crippen molar-refractivity contribution in [3.05, 3.63) is 29.8 Å². The molecule has 2 amide bonds. The standard InChI is InChI=1S/C14H16F3N3O/c15-14(16,17)10-1-3-11(4-2-10)19-13(21)20-7-9-5-6-18-12(9)8-20/h1-4,9,12,18H,5-8H2,(H,19,21)/t9-,12+/m0/s1. The van der Waals surface area contributed by atoms with E-state index in [9.17, 15) is 18.0 Å². The fourth-order valence-corrected chi connectivity index (χ4v) is 2.96. The van der Waals surface area contributed by atoms with Gasteiger partial charge in [0.15, 0.2) is 0 Å². The highest BCUT2D eigenvalue weighted by Gasteiger charge is 2.38. The number of rotatable bonds is 1. The summed E-state index contributed by atoms with van der Waals surface area (Å²) in [5.74, 6) is 0.489. The van der Waals surface area contributed by atoms with Crippen molar-refractivity contribution >= 4 is 11.7 Å². The minimum absolute atomic E-state index is 0.258. The molecule has 0 spiro atoms. The summed E-state index contributed by atoms with van der Waals surface area (Å²) in [6.45, 7) is 2.34. The van der Waals surface area contributed by atoms with Crippen LogP contribution in [0.5, 0.6) is 0 Å². The van der Waals surface area contributed by atoms with Gasteiger partial charge in [-0.1, -0.05) is 0 Å². The molecule has 2 saturated heterocycles. The van der Waals surface area contributed by atoms with Gasteiger partial charge in [0, 0.05) is 24.8 Å². The highest BCUT2D eigenvalue weighted by atomic mass is 19.4. The van der Waals surface area contributed by atoms with Crippen LogP contribution in [0.3, 0.4) is 0 Å². The fraction of sp³-hybridized carbons (Fsp3) is 0.500. The molecular formula is C14H16F3N3O. The molecule has 0 bridgehead atoms. The van der Waals surface area contributed by atoms with Crippen molar-refractivity contribution in [2.75, 3.05) is 25.0 Å². The Kier molecular flexibility index (Phi) is 3.52. The monoisotopic (exact) mass is 299 g/mol. The second kappa shape index (κ2) is 5.22. The van der Waals surface area contributed by atoms with Crippen LogP contribution in [0, 0.1) is 5.92 Å². The number of hydrogen-bond acceptors (Lipinski definition) is 2. The third-order valence-electron chi connectivity index (χ3n) is 4.11. The number of amides is 2. The SMILES string of the molecule is O=C(Nc1ccc(C(F)(F)F)cc1)N1C[C@@H]2CCN[C@@H]2C1. The van der Waals surface area contributed by atoms with Crippen LogP contribution >= 0.6 is 0 Å². The maximum absolute atomic E-state index is 12.5.